The van der Waals surface area contributed by atoms with E-state index >= 15 is 0 Å². The molecule has 158 valence electrons. The van der Waals surface area contributed by atoms with Gasteiger partial charge in [-0.3, -0.25) is 4.79 Å². The van der Waals surface area contributed by atoms with Crippen molar-refractivity contribution >= 4 is 48.9 Å². The van der Waals surface area contributed by atoms with Gasteiger partial charge in [-0.1, -0.05) is 36.4 Å². The Morgan fingerprint density at radius 1 is 1.00 bits per heavy atom. The molecule has 0 unspecified atom stereocenters. The molecule has 0 aliphatic carbocycles. The number of thiophene rings is 1. The Morgan fingerprint density at radius 2 is 1.77 bits per heavy atom. The quantitative estimate of drug-likeness (QED) is 0.376. The van der Waals surface area contributed by atoms with Gasteiger partial charge >= 0.3 is 0 Å². The van der Waals surface area contributed by atoms with Crippen molar-refractivity contribution < 1.29 is 13.2 Å². The maximum Gasteiger partial charge on any atom is 0.254 e. The van der Waals surface area contributed by atoms with E-state index in [1.54, 1.807) is 60.0 Å². The first-order chi connectivity index (χ1) is 15.0. The Labute approximate surface area is 189 Å². The van der Waals surface area contributed by atoms with Gasteiger partial charge in [0.15, 0.2) is 9.84 Å². The van der Waals surface area contributed by atoms with Crippen LogP contribution in [-0.2, 0) is 16.4 Å². The number of rotatable bonds is 8. The van der Waals surface area contributed by atoms with E-state index in [0.717, 1.165) is 10.3 Å². The van der Waals surface area contributed by atoms with Gasteiger partial charge in [-0.15, -0.1) is 23.1 Å². The monoisotopic (exact) mass is 468 g/mol. The highest BCUT2D eigenvalue weighted by molar-refractivity contribution is 8.00. The van der Waals surface area contributed by atoms with Crippen molar-refractivity contribution in [1.29, 1.82) is 0 Å². The summed E-state index contributed by atoms with van der Waals surface area (Å²) >= 11 is 2.92. The van der Waals surface area contributed by atoms with Gasteiger partial charge < -0.3 is 5.32 Å². The Morgan fingerprint density at radius 3 is 2.58 bits per heavy atom. The highest BCUT2D eigenvalue weighted by atomic mass is 32.2. The van der Waals surface area contributed by atoms with Crippen LogP contribution >= 0.6 is 23.1 Å². The molecule has 0 saturated heterocycles. The van der Waals surface area contributed by atoms with Gasteiger partial charge in [0.2, 0.25) is 0 Å². The first-order valence-electron chi connectivity index (χ1n) is 9.64. The smallest absolute Gasteiger partial charge is 0.254 e. The number of hydrogen-bond donors (Lipinski definition) is 1. The summed E-state index contributed by atoms with van der Waals surface area (Å²) in [5.74, 6) is 0.0605. The van der Waals surface area contributed by atoms with Crippen molar-refractivity contribution in [3.8, 4) is 0 Å². The number of nitrogens with one attached hydrogen (secondary N) is 1. The molecule has 0 atom stereocenters. The zero-order chi connectivity index (χ0) is 21.7. The molecule has 0 bridgehead atoms. The molecule has 1 amide bonds. The minimum absolute atomic E-state index is 0.0267. The average Bonchev–Trinajstić information content (AvgIpc) is 3.21. The zero-order valence-electron chi connectivity index (χ0n) is 16.5. The summed E-state index contributed by atoms with van der Waals surface area (Å²) in [6.07, 6.45) is 1.61. The van der Waals surface area contributed by atoms with Crippen LogP contribution in [0.3, 0.4) is 0 Å². The van der Waals surface area contributed by atoms with Crippen molar-refractivity contribution in [1.82, 2.24) is 10.3 Å². The third-order valence-corrected chi connectivity index (χ3v) is 8.72. The molecule has 4 rings (SSSR count). The fourth-order valence-electron chi connectivity index (χ4n) is 3.06. The molecule has 2 aromatic carbocycles. The van der Waals surface area contributed by atoms with Gasteiger partial charge in [0.25, 0.3) is 5.91 Å². The molecule has 4 aromatic rings. The topological polar surface area (TPSA) is 76.1 Å². The number of pyridine rings is 1. The van der Waals surface area contributed by atoms with Crippen LogP contribution in [0.25, 0.3) is 10.1 Å². The SMILES string of the molecule is O=C(NCc1cc2ccccc2s1)c1cccnc1SCCS(=O)(=O)c1ccccc1. The van der Waals surface area contributed by atoms with Crippen molar-refractivity contribution in [2.45, 2.75) is 16.5 Å². The second-order valence-electron chi connectivity index (χ2n) is 6.77. The number of hydrogen-bond acceptors (Lipinski definition) is 6. The lowest BCUT2D eigenvalue weighted by Gasteiger charge is -2.09. The highest BCUT2D eigenvalue weighted by Gasteiger charge is 2.17. The first kappa shape index (κ1) is 21.5. The zero-order valence-corrected chi connectivity index (χ0v) is 19.0. The summed E-state index contributed by atoms with van der Waals surface area (Å²) in [4.78, 5) is 18.4. The molecule has 5 nitrogen and oxygen atoms in total. The maximum atomic E-state index is 12.8. The largest absolute Gasteiger partial charge is 0.347 e. The number of sulfone groups is 1. The van der Waals surface area contributed by atoms with Gasteiger partial charge in [0, 0.05) is 21.5 Å². The molecular weight excluding hydrogens is 448 g/mol. The molecule has 0 aliphatic heterocycles. The lowest BCUT2D eigenvalue weighted by molar-refractivity contribution is 0.0947. The molecule has 2 aromatic heterocycles. The molecule has 0 radical (unpaired) electrons. The second kappa shape index (κ2) is 9.64. The van der Waals surface area contributed by atoms with Gasteiger partial charge in [-0.2, -0.15) is 0 Å². The van der Waals surface area contributed by atoms with Gasteiger partial charge in [0.05, 0.1) is 22.8 Å². The van der Waals surface area contributed by atoms with Crippen molar-refractivity contribution in [3.05, 3.63) is 89.4 Å². The maximum absolute atomic E-state index is 12.8. The average molecular weight is 469 g/mol. The fourth-order valence-corrected chi connectivity index (χ4v) is 6.73. The molecule has 0 fully saturated rings. The van der Waals surface area contributed by atoms with Crippen LogP contribution in [0.5, 0.6) is 0 Å². The van der Waals surface area contributed by atoms with E-state index in [1.807, 2.05) is 12.1 Å². The summed E-state index contributed by atoms with van der Waals surface area (Å²) in [5.41, 5.74) is 0.450. The van der Waals surface area contributed by atoms with Gasteiger partial charge in [-0.25, -0.2) is 13.4 Å². The number of carbonyl (C=O) groups is 1. The molecule has 0 spiro atoms. The van der Waals surface area contributed by atoms with Crippen molar-refractivity contribution in [2.75, 3.05) is 11.5 Å². The standard InChI is InChI=1S/C23H20N2O3S3/c26-22(25-16-18-15-17-7-4-5-11-21(17)30-18)20-10-6-12-24-23(20)29-13-14-31(27,28)19-8-2-1-3-9-19/h1-12,15H,13-14,16H2,(H,25,26). The lowest BCUT2D eigenvalue weighted by atomic mass is 10.2. The molecule has 0 aliphatic rings. The number of thioether (sulfide) groups is 1. The Balaban J connectivity index is 1.39. The van der Waals surface area contributed by atoms with E-state index in [9.17, 15) is 13.2 Å². The molecular formula is C23H20N2O3S3. The second-order valence-corrected chi connectivity index (χ2v) is 11.1. The normalized spacial score (nSPS) is 11.5. The van der Waals surface area contributed by atoms with Crippen LogP contribution in [0.2, 0.25) is 0 Å². The van der Waals surface area contributed by atoms with E-state index in [2.05, 4.69) is 28.5 Å². The van der Waals surface area contributed by atoms with E-state index in [4.69, 9.17) is 0 Å². The summed E-state index contributed by atoms with van der Waals surface area (Å²) < 4.78 is 26.1. The minimum atomic E-state index is -3.37. The summed E-state index contributed by atoms with van der Waals surface area (Å²) in [6.45, 7) is 0.430. The first-order valence-corrected chi connectivity index (χ1v) is 13.1. The van der Waals surface area contributed by atoms with Gasteiger partial charge in [0.1, 0.15) is 5.03 Å². The third kappa shape index (κ3) is 5.33. The fraction of sp³-hybridized carbons (Fsp3) is 0.130. The number of fused-ring (bicyclic) bond motifs is 1. The third-order valence-electron chi connectivity index (χ3n) is 4.61. The van der Waals surface area contributed by atoms with E-state index in [-0.39, 0.29) is 11.7 Å². The number of carbonyl (C=O) groups excluding carboxylic acids is 1. The van der Waals surface area contributed by atoms with Crippen LogP contribution in [-0.4, -0.2) is 30.8 Å². The Hall–Kier alpha value is -2.68. The van der Waals surface area contributed by atoms with Crippen LogP contribution in [0.4, 0.5) is 0 Å². The van der Waals surface area contributed by atoms with Gasteiger partial charge in [-0.05, 0) is 41.8 Å². The number of amides is 1. The van der Waals surface area contributed by atoms with Crippen molar-refractivity contribution in [2.24, 2.45) is 0 Å². The molecule has 31 heavy (non-hydrogen) atoms. The summed E-state index contributed by atoms with van der Waals surface area (Å²) in [5, 5.41) is 4.64. The summed E-state index contributed by atoms with van der Waals surface area (Å²) in [6, 6.07) is 22.0. The van der Waals surface area contributed by atoms with Crippen molar-refractivity contribution in [3.63, 3.8) is 0 Å². The van der Waals surface area contributed by atoms with E-state index in [0.29, 0.717) is 27.8 Å². The van der Waals surface area contributed by atoms with Crippen LogP contribution in [0.1, 0.15) is 15.2 Å². The predicted molar refractivity (Wildman–Crippen MR) is 126 cm³/mol. The minimum Gasteiger partial charge on any atom is -0.347 e. The Kier molecular flexibility index (Phi) is 6.70. The molecule has 1 N–H and O–H groups in total. The highest BCUT2D eigenvalue weighted by Crippen LogP contribution is 2.26. The number of nitrogens with zero attached hydrogens (tertiary/aromatic N) is 1. The summed E-state index contributed by atoms with van der Waals surface area (Å²) in [7, 11) is -3.37. The molecule has 0 saturated carbocycles. The lowest BCUT2D eigenvalue weighted by Crippen LogP contribution is -2.23. The van der Waals surface area contributed by atoms with E-state index in [1.165, 1.54) is 16.5 Å². The predicted octanol–water partition coefficient (Wildman–Crippen LogP) is 4.79. The Bertz CT molecular complexity index is 1270. The number of aromatic nitrogens is 1. The molecule has 8 heteroatoms. The van der Waals surface area contributed by atoms with Crippen LogP contribution in [0.15, 0.2) is 88.9 Å². The molecule has 2 heterocycles. The van der Waals surface area contributed by atoms with Crippen LogP contribution in [0, 0.1) is 0 Å². The van der Waals surface area contributed by atoms with E-state index < -0.39 is 9.84 Å². The number of benzene rings is 2. The van der Waals surface area contributed by atoms with Crippen LogP contribution < -0.4 is 5.32 Å².